The van der Waals surface area contributed by atoms with Gasteiger partial charge in [-0.3, -0.25) is 4.79 Å². The Morgan fingerprint density at radius 1 is 1.40 bits per heavy atom. The molecule has 1 atom stereocenters. The highest BCUT2D eigenvalue weighted by Gasteiger charge is 2.20. The number of rotatable bonds is 3. The van der Waals surface area contributed by atoms with Gasteiger partial charge in [-0.2, -0.15) is 5.10 Å². The van der Waals surface area contributed by atoms with Crippen molar-refractivity contribution in [2.45, 2.75) is 13.0 Å². The zero-order chi connectivity index (χ0) is 13.8. The van der Waals surface area contributed by atoms with Gasteiger partial charge in [0.25, 0.3) is 0 Å². The third-order valence-corrected chi connectivity index (χ3v) is 2.69. The van der Waals surface area contributed by atoms with Gasteiger partial charge >= 0.3 is 6.03 Å². The maximum Gasteiger partial charge on any atom is 0.335 e. The number of halogens is 1. The zero-order valence-electron chi connectivity index (χ0n) is 10.8. The van der Waals surface area contributed by atoms with Crippen molar-refractivity contribution < 1.29 is 9.59 Å². The summed E-state index contributed by atoms with van der Waals surface area (Å²) in [6, 6.07) is 6.67. The Labute approximate surface area is 122 Å². The lowest BCUT2D eigenvalue weighted by Gasteiger charge is -2.21. The fraction of sp³-hybridized carbons (Fsp3) is 0.250. The molecule has 1 heterocycles. The molecule has 1 aromatic carbocycles. The first-order valence-electron chi connectivity index (χ1n) is 5.84. The van der Waals surface area contributed by atoms with E-state index in [9.17, 15) is 9.59 Å². The summed E-state index contributed by atoms with van der Waals surface area (Å²) in [5, 5.41) is 9.38. The van der Waals surface area contributed by atoms with Gasteiger partial charge in [-0.1, -0.05) is 12.1 Å². The van der Waals surface area contributed by atoms with Crippen LogP contribution >= 0.6 is 12.4 Å². The Morgan fingerprint density at radius 2 is 2.05 bits per heavy atom. The third kappa shape index (κ3) is 3.69. The van der Waals surface area contributed by atoms with E-state index in [1.165, 1.54) is 0 Å². The minimum absolute atomic E-state index is 0. The van der Waals surface area contributed by atoms with Crippen LogP contribution in [0.5, 0.6) is 0 Å². The molecule has 3 amide bonds. The van der Waals surface area contributed by atoms with Gasteiger partial charge in [-0.05, 0) is 19.1 Å². The average Bonchev–Trinajstić information content (AvgIpc) is 2.40. The van der Waals surface area contributed by atoms with E-state index in [0.717, 1.165) is 11.3 Å². The van der Waals surface area contributed by atoms with Crippen molar-refractivity contribution in [1.29, 1.82) is 0 Å². The summed E-state index contributed by atoms with van der Waals surface area (Å²) in [5.74, 6) is -0.245. The van der Waals surface area contributed by atoms with Crippen molar-refractivity contribution in [1.82, 2.24) is 10.7 Å². The molecule has 0 fully saturated rings. The number of hydrogen-bond donors (Lipinski definition) is 4. The number of nitrogens with two attached hydrogens (primary N) is 1. The monoisotopic (exact) mass is 297 g/mol. The molecule has 1 aliphatic rings. The van der Waals surface area contributed by atoms with Crippen LogP contribution in [0.25, 0.3) is 0 Å². The van der Waals surface area contributed by atoms with E-state index in [2.05, 4.69) is 21.2 Å². The van der Waals surface area contributed by atoms with E-state index in [0.29, 0.717) is 5.69 Å². The van der Waals surface area contributed by atoms with Crippen molar-refractivity contribution in [2.75, 3.05) is 11.9 Å². The zero-order valence-corrected chi connectivity index (χ0v) is 11.7. The van der Waals surface area contributed by atoms with Crippen molar-refractivity contribution >= 4 is 35.7 Å². The summed E-state index contributed by atoms with van der Waals surface area (Å²) < 4.78 is 0. The summed E-state index contributed by atoms with van der Waals surface area (Å²) in [6.07, 6.45) is 0. The van der Waals surface area contributed by atoms with E-state index in [-0.39, 0.29) is 36.9 Å². The van der Waals surface area contributed by atoms with E-state index >= 15 is 0 Å². The molecule has 108 valence electrons. The number of urea groups is 1. The SMILES string of the molecule is CC1NC(=O)NN=C1c1ccc(NC(=O)CN)cc1.Cl. The van der Waals surface area contributed by atoms with Crippen LogP contribution in [0.1, 0.15) is 12.5 Å². The predicted octanol–water partition coefficient (Wildman–Crippen LogP) is 0.411. The predicted molar refractivity (Wildman–Crippen MR) is 79.0 cm³/mol. The highest BCUT2D eigenvalue weighted by molar-refractivity contribution is 6.07. The molecule has 5 N–H and O–H groups in total. The number of amides is 3. The number of benzene rings is 1. The molecule has 20 heavy (non-hydrogen) atoms. The normalized spacial score (nSPS) is 17.2. The fourth-order valence-electron chi connectivity index (χ4n) is 1.76. The third-order valence-electron chi connectivity index (χ3n) is 2.69. The number of nitrogens with zero attached hydrogens (tertiary/aromatic N) is 1. The van der Waals surface area contributed by atoms with Crippen molar-refractivity contribution in [3.05, 3.63) is 29.8 Å². The molecule has 1 aromatic rings. The summed E-state index contributed by atoms with van der Waals surface area (Å²) in [7, 11) is 0. The van der Waals surface area contributed by atoms with Gasteiger partial charge < -0.3 is 16.4 Å². The Bertz CT molecular complexity index is 529. The molecule has 0 saturated heterocycles. The Balaban J connectivity index is 0.00000200. The fourth-order valence-corrected chi connectivity index (χ4v) is 1.76. The van der Waals surface area contributed by atoms with Crippen LogP contribution in [-0.2, 0) is 4.79 Å². The molecule has 2 rings (SSSR count). The van der Waals surface area contributed by atoms with Gasteiger partial charge in [-0.15, -0.1) is 12.4 Å². The van der Waals surface area contributed by atoms with Crippen LogP contribution in [0.4, 0.5) is 10.5 Å². The second-order valence-corrected chi connectivity index (χ2v) is 4.13. The lowest BCUT2D eigenvalue weighted by Crippen LogP contribution is -2.48. The van der Waals surface area contributed by atoms with Crippen LogP contribution in [0, 0.1) is 0 Å². The van der Waals surface area contributed by atoms with Crippen LogP contribution in [0.15, 0.2) is 29.4 Å². The number of hydrazone groups is 1. The molecule has 8 heteroatoms. The number of nitrogens with one attached hydrogen (secondary N) is 3. The second-order valence-electron chi connectivity index (χ2n) is 4.13. The number of hydrogen-bond acceptors (Lipinski definition) is 4. The first-order valence-corrected chi connectivity index (χ1v) is 5.84. The van der Waals surface area contributed by atoms with E-state index in [4.69, 9.17) is 5.73 Å². The first-order chi connectivity index (χ1) is 9.10. The molecule has 0 bridgehead atoms. The molecule has 1 unspecified atom stereocenters. The molecular formula is C12H16ClN5O2. The summed E-state index contributed by atoms with van der Waals surface area (Å²) in [5.41, 5.74) is 9.85. The molecule has 7 nitrogen and oxygen atoms in total. The lowest BCUT2D eigenvalue weighted by molar-refractivity contribution is -0.114. The maximum atomic E-state index is 11.1. The summed E-state index contributed by atoms with van der Waals surface area (Å²) >= 11 is 0. The minimum Gasteiger partial charge on any atom is -0.328 e. The van der Waals surface area contributed by atoms with Gasteiger partial charge in [0.2, 0.25) is 5.91 Å². The molecule has 0 radical (unpaired) electrons. The second kappa shape index (κ2) is 6.88. The van der Waals surface area contributed by atoms with Crippen LogP contribution in [0.3, 0.4) is 0 Å². The van der Waals surface area contributed by atoms with Gasteiger partial charge in [-0.25, -0.2) is 10.2 Å². The summed E-state index contributed by atoms with van der Waals surface area (Å²) in [6.45, 7) is 1.79. The molecule has 0 saturated carbocycles. The Hall–Kier alpha value is -2.12. The molecule has 0 aromatic heterocycles. The van der Waals surface area contributed by atoms with E-state index in [1.807, 2.05) is 19.1 Å². The molecular weight excluding hydrogens is 282 g/mol. The highest BCUT2D eigenvalue weighted by Crippen LogP contribution is 2.12. The Kier molecular flexibility index (Phi) is 5.48. The van der Waals surface area contributed by atoms with Gasteiger partial charge in [0.15, 0.2) is 0 Å². The molecule has 0 aliphatic carbocycles. The topological polar surface area (TPSA) is 109 Å². The smallest absolute Gasteiger partial charge is 0.328 e. The van der Waals surface area contributed by atoms with Crippen molar-refractivity contribution in [3.63, 3.8) is 0 Å². The van der Waals surface area contributed by atoms with Crippen molar-refractivity contribution in [2.24, 2.45) is 10.8 Å². The maximum absolute atomic E-state index is 11.1. The number of anilines is 1. The summed E-state index contributed by atoms with van der Waals surface area (Å²) in [4.78, 5) is 22.2. The Morgan fingerprint density at radius 3 is 2.60 bits per heavy atom. The van der Waals surface area contributed by atoms with Gasteiger partial charge in [0.1, 0.15) is 0 Å². The minimum atomic E-state index is -0.317. The van der Waals surface area contributed by atoms with E-state index in [1.54, 1.807) is 12.1 Å². The lowest BCUT2D eigenvalue weighted by atomic mass is 10.0. The van der Waals surface area contributed by atoms with Crippen LogP contribution < -0.4 is 21.8 Å². The van der Waals surface area contributed by atoms with Crippen molar-refractivity contribution in [3.8, 4) is 0 Å². The number of carbonyl (C=O) groups is 2. The highest BCUT2D eigenvalue weighted by atomic mass is 35.5. The first kappa shape index (κ1) is 15.9. The van der Waals surface area contributed by atoms with E-state index < -0.39 is 0 Å². The average molecular weight is 298 g/mol. The molecule has 0 spiro atoms. The number of carbonyl (C=O) groups excluding carboxylic acids is 2. The van der Waals surface area contributed by atoms with Gasteiger partial charge in [0.05, 0.1) is 18.3 Å². The van der Waals surface area contributed by atoms with Gasteiger partial charge in [0, 0.05) is 11.3 Å². The molecule has 1 aliphatic heterocycles. The largest absolute Gasteiger partial charge is 0.335 e. The van der Waals surface area contributed by atoms with Crippen LogP contribution in [-0.4, -0.2) is 30.2 Å². The standard InChI is InChI=1S/C12H15N5O2.ClH/c1-7-11(16-17-12(19)14-7)8-2-4-9(5-3-8)15-10(18)6-13;/h2-5,7H,6,13H2,1H3,(H,15,18)(H2,14,17,19);1H. The van der Waals surface area contributed by atoms with Crippen LogP contribution in [0.2, 0.25) is 0 Å². The quantitative estimate of drug-likeness (QED) is 0.649.